The van der Waals surface area contributed by atoms with Gasteiger partial charge in [-0.25, -0.2) is 4.79 Å². The first-order chi connectivity index (χ1) is 12.3. The molecule has 7 heteroatoms. The minimum absolute atomic E-state index is 0.0399. The monoisotopic (exact) mass is 359 g/mol. The summed E-state index contributed by atoms with van der Waals surface area (Å²) < 4.78 is 1.88. The van der Waals surface area contributed by atoms with E-state index in [9.17, 15) is 19.5 Å². The summed E-state index contributed by atoms with van der Waals surface area (Å²) in [6.07, 6.45) is 0.747. The van der Waals surface area contributed by atoms with E-state index in [4.69, 9.17) is 5.73 Å². The number of carboxylic acids is 1. The van der Waals surface area contributed by atoms with Gasteiger partial charge < -0.3 is 20.7 Å². The van der Waals surface area contributed by atoms with Crippen LogP contribution in [0.3, 0.4) is 0 Å². The Morgan fingerprint density at radius 3 is 2.50 bits per heavy atom. The minimum Gasteiger partial charge on any atom is -0.480 e. The van der Waals surface area contributed by atoms with Crippen LogP contribution in [0.2, 0.25) is 0 Å². The Morgan fingerprint density at radius 1 is 1.27 bits per heavy atom. The summed E-state index contributed by atoms with van der Waals surface area (Å²) in [6, 6.07) is 4.92. The Bertz CT molecular complexity index is 854. The molecule has 0 fully saturated rings. The van der Waals surface area contributed by atoms with Crippen molar-refractivity contribution in [2.24, 2.45) is 5.73 Å². The summed E-state index contributed by atoms with van der Waals surface area (Å²) in [5, 5.41) is 12.8. The summed E-state index contributed by atoms with van der Waals surface area (Å²) in [6.45, 7) is 6.45. The molecule has 1 unspecified atom stereocenters. The molecule has 7 nitrogen and oxygen atoms in total. The predicted molar refractivity (Wildman–Crippen MR) is 99.0 cm³/mol. The molecule has 1 aromatic heterocycles. The molecule has 0 spiro atoms. The third-order valence-corrected chi connectivity index (χ3v) is 4.60. The van der Waals surface area contributed by atoms with E-state index < -0.39 is 23.8 Å². The lowest BCUT2D eigenvalue weighted by Crippen LogP contribution is -2.42. The molecular formula is C19H25N3O4. The number of amides is 2. The second kappa shape index (κ2) is 8.03. The number of nitrogens with zero attached hydrogens (tertiary/aromatic N) is 1. The van der Waals surface area contributed by atoms with Gasteiger partial charge in [-0.05, 0) is 49.9 Å². The number of hydrogen-bond donors (Lipinski definition) is 3. The van der Waals surface area contributed by atoms with Crippen molar-refractivity contribution in [1.29, 1.82) is 0 Å². The van der Waals surface area contributed by atoms with Gasteiger partial charge in [0.05, 0.1) is 0 Å². The molecule has 1 atom stereocenters. The van der Waals surface area contributed by atoms with Crippen LogP contribution in [-0.4, -0.2) is 33.5 Å². The van der Waals surface area contributed by atoms with Gasteiger partial charge in [0.15, 0.2) is 0 Å². The molecule has 0 saturated carbocycles. The molecule has 2 aromatic rings. The van der Waals surface area contributed by atoms with E-state index in [0.717, 1.165) is 22.9 Å². The molecular weight excluding hydrogens is 334 g/mol. The number of aromatic nitrogens is 1. The van der Waals surface area contributed by atoms with Crippen LogP contribution >= 0.6 is 0 Å². The molecule has 26 heavy (non-hydrogen) atoms. The van der Waals surface area contributed by atoms with Crippen molar-refractivity contribution in [3.8, 4) is 0 Å². The van der Waals surface area contributed by atoms with Crippen molar-refractivity contribution in [3.05, 3.63) is 35.0 Å². The van der Waals surface area contributed by atoms with E-state index in [2.05, 4.69) is 18.3 Å². The van der Waals surface area contributed by atoms with Crippen molar-refractivity contribution < 1.29 is 19.5 Å². The summed E-state index contributed by atoms with van der Waals surface area (Å²) in [4.78, 5) is 35.1. The molecule has 1 heterocycles. The summed E-state index contributed by atoms with van der Waals surface area (Å²) in [7, 11) is 0. The highest BCUT2D eigenvalue weighted by Crippen LogP contribution is 2.27. The highest BCUT2D eigenvalue weighted by molar-refractivity contribution is 6.03. The maximum absolute atomic E-state index is 12.8. The van der Waals surface area contributed by atoms with Crippen LogP contribution in [0.25, 0.3) is 10.9 Å². The minimum atomic E-state index is -1.19. The smallest absolute Gasteiger partial charge is 0.326 e. The van der Waals surface area contributed by atoms with E-state index in [1.54, 1.807) is 0 Å². The maximum Gasteiger partial charge on any atom is 0.326 e. The van der Waals surface area contributed by atoms with Gasteiger partial charge in [0.2, 0.25) is 5.91 Å². The number of primary amides is 1. The standard InChI is InChI=1S/C19H25N3O4/c1-4-12-6-8-15-13(10-12)11(3)17(22(15)5-2)18(24)21-14(19(25)26)7-9-16(20)23/h6,8,10,14H,4-5,7,9H2,1-3H3,(H2,20,23)(H,21,24)(H,25,26). The van der Waals surface area contributed by atoms with Gasteiger partial charge in [0.25, 0.3) is 5.91 Å². The number of rotatable bonds is 8. The predicted octanol–water partition coefficient (Wildman–Crippen LogP) is 1.98. The molecule has 0 aliphatic heterocycles. The van der Waals surface area contributed by atoms with Crippen molar-refractivity contribution in [3.63, 3.8) is 0 Å². The second-order valence-electron chi connectivity index (χ2n) is 6.29. The van der Waals surface area contributed by atoms with Crippen molar-refractivity contribution >= 4 is 28.7 Å². The number of carboxylic acid groups (broad SMARTS) is 1. The van der Waals surface area contributed by atoms with E-state index in [-0.39, 0.29) is 12.8 Å². The van der Waals surface area contributed by atoms with Gasteiger partial charge in [-0.15, -0.1) is 0 Å². The summed E-state index contributed by atoms with van der Waals surface area (Å²) in [5.41, 5.74) is 8.45. The Balaban J connectivity index is 2.41. The van der Waals surface area contributed by atoms with Gasteiger partial charge in [-0.3, -0.25) is 9.59 Å². The SMILES string of the molecule is CCc1ccc2c(c1)c(C)c(C(=O)NC(CCC(N)=O)C(=O)O)n2CC. The Labute approximate surface area is 152 Å². The second-order valence-corrected chi connectivity index (χ2v) is 6.29. The number of benzene rings is 1. The molecule has 0 bridgehead atoms. The molecule has 1 aromatic carbocycles. The number of aliphatic carboxylic acids is 1. The molecule has 0 saturated heterocycles. The fourth-order valence-electron chi connectivity index (χ4n) is 3.18. The first-order valence-electron chi connectivity index (χ1n) is 8.73. The molecule has 0 aliphatic carbocycles. The number of hydrogen-bond acceptors (Lipinski definition) is 3. The van der Waals surface area contributed by atoms with Gasteiger partial charge in [-0.2, -0.15) is 0 Å². The van der Waals surface area contributed by atoms with Gasteiger partial charge in [0, 0.05) is 23.9 Å². The zero-order valence-corrected chi connectivity index (χ0v) is 15.3. The molecule has 140 valence electrons. The van der Waals surface area contributed by atoms with Crippen LogP contribution in [0.4, 0.5) is 0 Å². The molecule has 4 N–H and O–H groups in total. The quantitative estimate of drug-likeness (QED) is 0.668. The third kappa shape index (κ3) is 3.87. The van der Waals surface area contributed by atoms with Crippen LogP contribution in [0, 0.1) is 6.92 Å². The molecule has 2 amide bonds. The van der Waals surface area contributed by atoms with Gasteiger partial charge >= 0.3 is 5.97 Å². The summed E-state index contributed by atoms with van der Waals surface area (Å²) >= 11 is 0. The number of nitrogens with two attached hydrogens (primary N) is 1. The number of aryl methyl sites for hydroxylation is 3. The van der Waals surface area contributed by atoms with E-state index >= 15 is 0 Å². The lowest BCUT2D eigenvalue weighted by molar-refractivity contribution is -0.139. The van der Waals surface area contributed by atoms with Crippen LogP contribution < -0.4 is 11.1 Å². The highest BCUT2D eigenvalue weighted by Gasteiger charge is 2.25. The largest absolute Gasteiger partial charge is 0.480 e. The molecule has 2 rings (SSSR count). The third-order valence-electron chi connectivity index (χ3n) is 4.60. The van der Waals surface area contributed by atoms with Crippen molar-refractivity contribution in [2.75, 3.05) is 0 Å². The zero-order valence-electron chi connectivity index (χ0n) is 15.3. The first-order valence-corrected chi connectivity index (χ1v) is 8.73. The highest BCUT2D eigenvalue weighted by atomic mass is 16.4. The fraction of sp³-hybridized carbons (Fsp3) is 0.421. The van der Waals surface area contributed by atoms with Gasteiger partial charge in [0.1, 0.15) is 11.7 Å². The van der Waals surface area contributed by atoms with Crippen LogP contribution in [0.15, 0.2) is 18.2 Å². The number of fused-ring (bicyclic) bond motifs is 1. The van der Waals surface area contributed by atoms with E-state index in [0.29, 0.717) is 12.2 Å². The van der Waals surface area contributed by atoms with Gasteiger partial charge in [-0.1, -0.05) is 13.0 Å². The number of carbonyl (C=O) groups is 3. The Kier molecular flexibility index (Phi) is 6.02. The van der Waals surface area contributed by atoms with Crippen LogP contribution in [-0.2, 0) is 22.6 Å². The molecule has 0 aliphatic rings. The lowest BCUT2D eigenvalue weighted by atomic mass is 10.1. The van der Waals surface area contributed by atoms with Crippen LogP contribution in [0.1, 0.15) is 48.3 Å². The van der Waals surface area contributed by atoms with E-state index in [1.165, 1.54) is 5.56 Å². The number of carbonyl (C=O) groups excluding carboxylic acids is 2. The summed E-state index contributed by atoms with van der Waals surface area (Å²) in [5.74, 6) is -2.25. The Hall–Kier alpha value is -2.83. The normalized spacial score (nSPS) is 12.1. The van der Waals surface area contributed by atoms with Crippen molar-refractivity contribution in [2.45, 2.75) is 52.6 Å². The average molecular weight is 359 g/mol. The van der Waals surface area contributed by atoms with E-state index in [1.807, 2.05) is 30.5 Å². The lowest BCUT2D eigenvalue weighted by Gasteiger charge is -2.15. The molecule has 0 radical (unpaired) electrons. The zero-order chi connectivity index (χ0) is 19.4. The number of nitrogens with one attached hydrogen (secondary N) is 1. The van der Waals surface area contributed by atoms with Crippen LogP contribution in [0.5, 0.6) is 0 Å². The Morgan fingerprint density at radius 2 is 1.96 bits per heavy atom. The fourth-order valence-corrected chi connectivity index (χ4v) is 3.18. The topological polar surface area (TPSA) is 114 Å². The first kappa shape index (κ1) is 19.5. The van der Waals surface area contributed by atoms with Crippen molar-refractivity contribution in [1.82, 2.24) is 9.88 Å². The average Bonchev–Trinajstić information content (AvgIpc) is 2.89. The maximum atomic E-state index is 12.8.